The Kier molecular flexibility index (Phi) is 5.41. The second-order valence-electron chi connectivity index (χ2n) is 4.36. The summed E-state index contributed by atoms with van der Waals surface area (Å²) in [4.78, 5) is 0. The highest BCUT2D eigenvalue weighted by Gasteiger charge is 2.15. The Hall–Kier alpha value is -0.650. The summed E-state index contributed by atoms with van der Waals surface area (Å²) in [6.07, 6.45) is 0.387. The van der Waals surface area contributed by atoms with E-state index >= 15 is 0 Å². The molecule has 3 N–H and O–H groups in total. The van der Waals surface area contributed by atoms with E-state index in [4.69, 9.17) is 29.0 Å². The molecule has 20 heavy (non-hydrogen) atoms. The minimum atomic E-state index is -0.282. The van der Waals surface area contributed by atoms with Crippen LogP contribution in [0.2, 0.25) is 10.0 Å². The highest BCUT2D eigenvalue weighted by molar-refractivity contribution is 9.10. The Balaban J connectivity index is 2.30. The predicted octanol–water partition coefficient (Wildman–Crippen LogP) is 4.64. The van der Waals surface area contributed by atoms with Gasteiger partial charge in [0.2, 0.25) is 0 Å². The number of rotatable bonds is 4. The van der Waals surface area contributed by atoms with Gasteiger partial charge >= 0.3 is 0 Å². The zero-order valence-electron chi connectivity index (χ0n) is 10.3. The molecule has 0 spiro atoms. The lowest BCUT2D eigenvalue weighted by atomic mass is 9.99. The standard InChI is InChI=1S/C14H12BrCl2FN2/c15-10-1-2-13(18)8(3-10)6-14(20-19)9-4-11(16)7-12(17)5-9/h1-5,7,14,20H,6,19H2. The molecule has 0 amide bonds. The first kappa shape index (κ1) is 15.7. The number of benzene rings is 2. The van der Waals surface area contributed by atoms with E-state index in [0.29, 0.717) is 22.0 Å². The van der Waals surface area contributed by atoms with Gasteiger partial charge in [-0.1, -0.05) is 39.1 Å². The average Bonchev–Trinajstić information content (AvgIpc) is 2.38. The molecule has 0 fully saturated rings. The normalized spacial score (nSPS) is 12.4. The van der Waals surface area contributed by atoms with E-state index in [1.165, 1.54) is 6.07 Å². The molecule has 0 heterocycles. The molecule has 0 saturated carbocycles. The molecule has 2 rings (SSSR count). The zero-order valence-corrected chi connectivity index (χ0v) is 13.4. The summed E-state index contributed by atoms with van der Waals surface area (Å²) in [5, 5.41) is 1.03. The monoisotopic (exact) mass is 376 g/mol. The average molecular weight is 378 g/mol. The van der Waals surface area contributed by atoms with Crippen molar-refractivity contribution >= 4 is 39.1 Å². The third-order valence-electron chi connectivity index (χ3n) is 2.92. The van der Waals surface area contributed by atoms with E-state index in [1.54, 1.807) is 30.3 Å². The molecule has 0 aliphatic rings. The first-order valence-corrected chi connectivity index (χ1v) is 7.40. The fraction of sp³-hybridized carbons (Fsp3) is 0.143. The summed E-state index contributed by atoms with van der Waals surface area (Å²) >= 11 is 15.3. The van der Waals surface area contributed by atoms with Crippen molar-refractivity contribution in [3.63, 3.8) is 0 Å². The van der Waals surface area contributed by atoms with Gasteiger partial charge in [-0.3, -0.25) is 11.3 Å². The Bertz CT molecular complexity index is 602. The van der Waals surface area contributed by atoms with E-state index in [9.17, 15) is 4.39 Å². The highest BCUT2D eigenvalue weighted by atomic mass is 79.9. The van der Waals surface area contributed by atoms with Gasteiger partial charge in [-0.2, -0.15) is 0 Å². The highest BCUT2D eigenvalue weighted by Crippen LogP contribution is 2.27. The molecule has 0 aliphatic heterocycles. The summed E-state index contributed by atoms with van der Waals surface area (Å²) in [7, 11) is 0. The van der Waals surface area contributed by atoms with Gasteiger partial charge < -0.3 is 0 Å². The van der Waals surface area contributed by atoms with Crippen LogP contribution >= 0.6 is 39.1 Å². The molecular weight excluding hydrogens is 366 g/mol. The summed E-state index contributed by atoms with van der Waals surface area (Å²) in [6.45, 7) is 0. The number of halogens is 4. The second-order valence-corrected chi connectivity index (χ2v) is 6.15. The van der Waals surface area contributed by atoms with Gasteiger partial charge in [-0.15, -0.1) is 0 Å². The first-order valence-electron chi connectivity index (χ1n) is 5.85. The van der Waals surface area contributed by atoms with Gasteiger partial charge in [-0.25, -0.2) is 4.39 Å². The number of hydrazine groups is 1. The topological polar surface area (TPSA) is 38.0 Å². The lowest BCUT2D eigenvalue weighted by Crippen LogP contribution is -2.29. The molecule has 6 heteroatoms. The molecular formula is C14H12BrCl2FN2. The largest absolute Gasteiger partial charge is 0.271 e. The number of nitrogens with two attached hydrogens (primary N) is 1. The lowest BCUT2D eigenvalue weighted by molar-refractivity contribution is 0.529. The zero-order chi connectivity index (χ0) is 14.7. The van der Waals surface area contributed by atoms with Gasteiger partial charge in [0.05, 0.1) is 6.04 Å². The van der Waals surface area contributed by atoms with Crippen LogP contribution in [0, 0.1) is 5.82 Å². The van der Waals surface area contributed by atoms with Crippen LogP contribution in [0.3, 0.4) is 0 Å². The van der Waals surface area contributed by atoms with Crippen molar-refractivity contribution in [2.24, 2.45) is 5.84 Å². The van der Waals surface area contributed by atoms with E-state index in [-0.39, 0.29) is 11.9 Å². The molecule has 0 aliphatic carbocycles. The molecule has 0 aromatic heterocycles. The van der Waals surface area contributed by atoms with Crippen molar-refractivity contribution in [2.45, 2.75) is 12.5 Å². The maximum atomic E-state index is 13.8. The quantitative estimate of drug-likeness (QED) is 0.601. The molecule has 2 nitrogen and oxygen atoms in total. The molecule has 1 atom stereocenters. The van der Waals surface area contributed by atoms with Crippen LogP contribution < -0.4 is 11.3 Å². The van der Waals surface area contributed by atoms with Crippen molar-refractivity contribution in [3.8, 4) is 0 Å². The maximum Gasteiger partial charge on any atom is 0.126 e. The van der Waals surface area contributed by atoms with Crippen LogP contribution in [0.4, 0.5) is 4.39 Å². The van der Waals surface area contributed by atoms with Gasteiger partial charge in [0, 0.05) is 14.5 Å². The van der Waals surface area contributed by atoms with Crippen LogP contribution in [-0.2, 0) is 6.42 Å². The Morgan fingerprint density at radius 3 is 2.40 bits per heavy atom. The van der Waals surface area contributed by atoms with E-state index < -0.39 is 0 Å². The third-order valence-corrected chi connectivity index (χ3v) is 3.85. The van der Waals surface area contributed by atoms with Crippen LogP contribution in [0.5, 0.6) is 0 Å². The van der Waals surface area contributed by atoms with E-state index in [2.05, 4.69) is 21.4 Å². The lowest BCUT2D eigenvalue weighted by Gasteiger charge is -2.17. The summed E-state index contributed by atoms with van der Waals surface area (Å²) in [6, 6.07) is 9.67. The Labute approximate surface area is 135 Å². The van der Waals surface area contributed by atoms with Gasteiger partial charge in [0.1, 0.15) is 5.82 Å². The molecule has 106 valence electrons. The molecule has 1 unspecified atom stereocenters. The third kappa shape index (κ3) is 3.93. The maximum absolute atomic E-state index is 13.8. The molecule has 2 aromatic carbocycles. The van der Waals surface area contributed by atoms with Gasteiger partial charge in [-0.05, 0) is 53.9 Å². The number of hydrogen-bond donors (Lipinski definition) is 2. The summed E-state index contributed by atoms with van der Waals surface area (Å²) in [5.74, 6) is 5.29. The fourth-order valence-electron chi connectivity index (χ4n) is 1.97. The first-order chi connectivity index (χ1) is 9.49. The van der Waals surface area contributed by atoms with Crippen molar-refractivity contribution < 1.29 is 4.39 Å². The number of hydrogen-bond acceptors (Lipinski definition) is 2. The van der Waals surface area contributed by atoms with E-state index in [1.807, 2.05) is 0 Å². The molecule has 2 aromatic rings. The van der Waals surface area contributed by atoms with Crippen molar-refractivity contribution in [1.82, 2.24) is 5.43 Å². The van der Waals surface area contributed by atoms with Crippen LogP contribution in [0.15, 0.2) is 40.9 Å². The van der Waals surface area contributed by atoms with Crippen LogP contribution in [0.25, 0.3) is 0 Å². The minimum absolute atomic E-state index is 0.276. The SMILES string of the molecule is NNC(Cc1cc(Br)ccc1F)c1cc(Cl)cc(Cl)c1. The van der Waals surface area contributed by atoms with E-state index in [0.717, 1.165) is 10.0 Å². The Morgan fingerprint density at radius 1 is 1.15 bits per heavy atom. The van der Waals surface area contributed by atoms with Gasteiger partial charge in [0.15, 0.2) is 0 Å². The smallest absolute Gasteiger partial charge is 0.126 e. The van der Waals surface area contributed by atoms with Crippen LogP contribution in [0.1, 0.15) is 17.2 Å². The fourth-order valence-corrected chi connectivity index (χ4v) is 2.92. The number of nitrogens with one attached hydrogen (secondary N) is 1. The van der Waals surface area contributed by atoms with Crippen molar-refractivity contribution in [1.29, 1.82) is 0 Å². The second kappa shape index (κ2) is 6.87. The minimum Gasteiger partial charge on any atom is -0.271 e. The van der Waals surface area contributed by atoms with Crippen molar-refractivity contribution in [2.75, 3.05) is 0 Å². The molecule has 0 radical (unpaired) electrons. The molecule has 0 saturated heterocycles. The Morgan fingerprint density at radius 2 is 1.80 bits per heavy atom. The molecule has 0 bridgehead atoms. The summed E-state index contributed by atoms with van der Waals surface area (Å²) < 4.78 is 14.6. The van der Waals surface area contributed by atoms with Crippen molar-refractivity contribution in [3.05, 3.63) is 67.9 Å². The van der Waals surface area contributed by atoms with Gasteiger partial charge in [0.25, 0.3) is 0 Å². The van der Waals surface area contributed by atoms with Crippen LogP contribution in [-0.4, -0.2) is 0 Å². The summed E-state index contributed by atoms with van der Waals surface area (Å²) in [5.41, 5.74) is 4.03. The predicted molar refractivity (Wildman–Crippen MR) is 84.3 cm³/mol.